The molecule has 0 N–H and O–H groups in total. The molecule has 0 saturated carbocycles. The summed E-state index contributed by atoms with van der Waals surface area (Å²) in [6.07, 6.45) is 18.6. The summed E-state index contributed by atoms with van der Waals surface area (Å²) in [4.78, 5) is 0. The first-order valence-electron chi connectivity index (χ1n) is 14.2. The Balaban J connectivity index is 1.64. The molecule has 0 aromatic heterocycles. The number of ether oxygens (including phenoxy) is 2. The van der Waals surface area contributed by atoms with Crippen LogP contribution in [0.15, 0.2) is 48.5 Å². The van der Waals surface area contributed by atoms with Gasteiger partial charge in [-0.1, -0.05) is 127 Å². The normalized spacial score (nSPS) is 12.1. The zero-order chi connectivity index (χ0) is 24.3. The summed E-state index contributed by atoms with van der Waals surface area (Å²) >= 11 is 0. The molecule has 0 fully saturated rings. The van der Waals surface area contributed by atoms with E-state index in [1.54, 1.807) is 0 Å². The van der Waals surface area contributed by atoms with Gasteiger partial charge in [-0.2, -0.15) is 0 Å². The SMILES string of the molecule is CCCCCCCCCOc1ccc(-c2ccc(C(C)OCCCCCCCCC)cc2)cc1. The lowest BCUT2D eigenvalue weighted by atomic mass is 10.0. The zero-order valence-corrected chi connectivity index (χ0v) is 22.3. The van der Waals surface area contributed by atoms with Gasteiger partial charge in [0.1, 0.15) is 5.75 Å². The van der Waals surface area contributed by atoms with Crippen LogP contribution in [0.4, 0.5) is 0 Å². The number of hydrogen-bond acceptors (Lipinski definition) is 2. The predicted octanol–water partition coefficient (Wildman–Crippen LogP) is 10.3. The van der Waals surface area contributed by atoms with E-state index in [-0.39, 0.29) is 6.10 Å². The van der Waals surface area contributed by atoms with Crippen LogP contribution in [0.25, 0.3) is 11.1 Å². The maximum Gasteiger partial charge on any atom is 0.119 e. The van der Waals surface area contributed by atoms with E-state index in [0.29, 0.717) is 0 Å². The number of rotatable bonds is 20. The highest BCUT2D eigenvalue weighted by atomic mass is 16.5. The molecule has 0 spiro atoms. The van der Waals surface area contributed by atoms with Gasteiger partial charge in [0.2, 0.25) is 0 Å². The Hall–Kier alpha value is -1.80. The maximum absolute atomic E-state index is 6.08. The minimum absolute atomic E-state index is 0.150. The fourth-order valence-corrected chi connectivity index (χ4v) is 4.35. The predicted molar refractivity (Wildman–Crippen MR) is 148 cm³/mol. The van der Waals surface area contributed by atoms with Gasteiger partial charge in [0, 0.05) is 6.61 Å². The van der Waals surface area contributed by atoms with Gasteiger partial charge in [0.05, 0.1) is 12.7 Å². The van der Waals surface area contributed by atoms with Crippen LogP contribution < -0.4 is 4.74 Å². The highest BCUT2D eigenvalue weighted by Gasteiger charge is 2.07. The molecule has 0 heterocycles. The molecule has 0 bridgehead atoms. The van der Waals surface area contributed by atoms with E-state index in [1.807, 2.05) is 0 Å². The van der Waals surface area contributed by atoms with Gasteiger partial charge in [-0.25, -0.2) is 0 Å². The van der Waals surface area contributed by atoms with Crippen molar-refractivity contribution in [2.75, 3.05) is 13.2 Å². The molecule has 0 amide bonds. The highest BCUT2D eigenvalue weighted by Crippen LogP contribution is 2.25. The quantitative estimate of drug-likeness (QED) is 0.181. The van der Waals surface area contributed by atoms with Crippen LogP contribution in [0.1, 0.15) is 122 Å². The smallest absolute Gasteiger partial charge is 0.119 e. The van der Waals surface area contributed by atoms with Crippen LogP contribution in [0.5, 0.6) is 5.75 Å². The van der Waals surface area contributed by atoms with Gasteiger partial charge in [-0.3, -0.25) is 0 Å². The van der Waals surface area contributed by atoms with Gasteiger partial charge < -0.3 is 9.47 Å². The van der Waals surface area contributed by atoms with E-state index in [2.05, 4.69) is 69.3 Å². The summed E-state index contributed by atoms with van der Waals surface area (Å²) in [5.74, 6) is 0.971. The summed E-state index contributed by atoms with van der Waals surface area (Å²) in [7, 11) is 0. The molecule has 0 radical (unpaired) electrons. The molecule has 2 aromatic carbocycles. The lowest BCUT2D eigenvalue weighted by Gasteiger charge is -2.14. The van der Waals surface area contributed by atoms with Crippen LogP contribution in [0.2, 0.25) is 0 Å². The highest BCUT2D eigenvalue weighted by molar-refractivity contribution is 5.64. The summed E-state index contributed by atoms with van der Waals surface area (Å²) in [5, 5.41) is 0. The van der Waals surface area contributed by atoms with Gasteiger partial charge >= 0.3 is 0 Å². The van der Waals surface area contributed by atoms with Crippen LogP contribution >= 0.6 is 0 Å². The Morgan fingerprint density at radius 1 is 0.529 bits per heavy atom. The molecule has 0 aliphatic carbocycles. The van der Waals surface area contributed by atoms with Gasteiger partial charge in [-0.15, -0.1) is 0 Å². The Kier molecular flexibility index (Phi) is 15.5. The van der Waals surface area contributed by atoms with E-state index in [4.69, 9.17) is 9.47 Å². The second-order valence-corrected chi connectivity index (χ2v) is 9.75. The number of benzene rings is 2. The van der Waals surface area contributed by atoms with Crippen molar-refractivity contribution in [3.63, 3.8) is 0 Å². The number of hydrogen-bond donors (Lipinski definition) is 0. The second-order valence-electron chi connectivity index (χ2n) is 9.75. The molecule has 0 saturated heterocycles. The van der Waals surface area contributed by atoms with Crippen molar-refractivity contribution in [1.82, 2.24) is 0 Å². The van der Waals surface area contributed by atoms with Crippen LogP contribution in [-0.2, 0) is 4.74 Å². The van der Waals surface area contributed by atoms with E-state index in [1.165, 1.54) is 100 Å². The molecule has 1 unspecified atom stereocenters. The molecule has 34 heavy (non-hydrogen) atoms. The Labute approximate surface area is 210 Å². The Morgan fingerprint density at radius 3 is 1.50 bits per heavy atom. The fraction of sp³-hybridized carbons (Fsp3) is 0.625. The van der Waals surface area contributed by atoms with E-state index in [0.717, 1.165) is 25.4 Å². The van der Waals surface area contributed by atoms with E-state index in [9.17, 15) is 0 Å². The minimum atomic E-state index is 0.150. The van der Waals surface area contributed by atoms with Gasteiger partial charge in [0.15, 0.2) is 0 Å². The van der Waals surface area contributed by atoms with Crippen molar-refractivity contribution in [1.29, 1.82) is 0 Å². The van der Waals surface area contributed by atoms with Gasteiger partial charge in [-0.05, 0) is 48.6 Å². The molecule has 2 nitrogen and oxygen atoms in total. The molecule has 2 rings (SSSR count). The van der Waals surface area contributed by atoms with Crippen molar-refractivity contribution in [2.24, 2.45) is 0 Å². The number of unbranched alkanes of at least 4 members (excludes halogenated alkanes) is 12. The average molecular weight is 467 g/mol. The second kappa shape index (κ2) is 18.5. The Bertz CT molecular complexity index is 720. The van der Waals surface area contributed by atoms with Crippen LogP contribution in [0.3, 0.4) is 0 Å². The van der Waals surface area contributed by atoms with Crippen molar-refractivity contribution in [3.8, 4) is 16.9 Å². The van der Waals surface area contributed by atoms with E-state index >= 15 is 0 Å². The third-order valence-electron chi connectivity index (χ3n) is 6.70. The van der Waals surface area contributed by atoms with Crippen molar-refractivity contribution >= 4 is 0 Å². The fourth-order valence-electron chi connectivity index (χ4n) is 4.35. The summed E-state index contributed by atoms with van der Waals surface area (Å²) in [6.45, 7) is 8.37. The molecule has 0 aliphatic heterocycles. The van der Waals surface area contributed by atoms with Crippen LogP contribution in [-0.4, -0.2) is 13.2 Å². The van der Waals surface area contributed by atoms with Crippen molar-refractivity contribution in [3.05, 3.63) is 54.1 Å². The first-order chi connectivity index (χ1) is 16.7. The average Bonchev–Trinajstić information content (AvgIpc) is 2.87. The lowest BCUT2D eigenvalue weighted by molar-refractivity contribution is 0.0627. The third kappa shape index (κ3) is 12.1. The first kappa shape index (κ1) is 28.4. The first-order valence-corrected chi connectivity index (χ1v) is 14.2. The van der Waals surface area contributed by atoms with Crippen molar-refractivity contribution < 1.29 is 9.47 Å². The summed E-state index contributed by atoms with van der Waals surface area (Å²) in [6, 6.07) is 17.3. The molecule has 0 aliphatic rings. The largest absolute Gasteiger partial charge is 0.494 e. The van der Waals surface area contributed by atoms with E-state index < -0.39 is 0 Å². The molecule has 2 heteroatoms. The molecule has 1 atom stereocenters. The summed E-state index contributed by atoms with van der Waals surface area (Å²) < 4.78 is 12.0. The van der Waals surface area contributed by atoms with Crippen LogP contribution in [0, 0.1) is 0 Å². The summed E-state index contributed by atoms with van der Waals surface area (Å²) in [5.41, 5.74) is 3.72. The minimum Gasteiger partial charge on any atom is -0.494 e. The zero-order valence-electron chi connectivity index (χ0n) is 22.3. The van der Waals surface area contributed by atoms with Crippen molar-refractivity contribution in [2.45, 2.75) is 117 Å². The molecular formula is C32H50O2. The lowest BCUT2D eigenvalue weighted by Crippen LogP contribution is -2.01. The van der Waals surface area contributed by atoms with Gasteiger partial charge in [0.25, 0.3) is 0 Å². The third-order valence-corrected chi connectivity index (χ3v) is 6.70. The standard InChI is InChI=1S/C32H50O2/c1-4-6-8-10-12-14-16-26-33-28(3)29-18-20-30(21-19-29)31-22-24-32(25-23-31)34-27-17-15-13-11-9-7-5-2/h18-25,28H,4-17,26-27H2,1-3H3. The molecular weight excluding hydrogens is 416 g/mol. The monoisotopic (exact) mass is 466 g/mol. The molecule has 190 valence electrons. The Morgan fingerprint density at radius 2 is 0.971 bits per heavy atom. The topological polar surface area (TPSA) is 18.5 Å². The maximum atomic E-state index is 6.08. The molecule has 2 aromatic rings.